The lowest BCUT2D eigenvalue weighted by molar-refractivity contribution is -0.123. The van der Waals surface area contributed by atoms with E-state index < -0.39 is 0 Å². The number of nitrogens with one attached hydrogen (secondary N) is 2. The molecule has 1 aromatic carbocycles. The van der Waals surface area contributed by atoms with Crippen LogP contribution in [0.25, 0.3) is 0 Å². The van der Waals surface area contributed by atoms with Gasteiger partial charge in [-0.3, -0.25) is 19.4 Å². The lowest BCUT2D eigenvalue weighted by Gasteiger charge is -2.33. The number of carbonyl (C=O) groups excluding carboxylic acids is 2. The third-order valence-corrected chi connectivity index (χ3v) is 4.79. The Balaban J connectivity index is 1.36. The molecule has 2 N–H and O–H groups in total. The monoisotopic (exact) mass is 344 g/mol. The predicted molar refractivity (Wildman–Crippen MR) is 98.5 cm³/mol. The molecule has 0 atom stereocenters. The van der Waals surface area contributed by atoms with Gasteiger partial charge in [0.05, 0.1) is 13.1 Å². The molecule has 25 heavy (non-hydrogen) atoms. The van der Waals surface area contributed by atoms with Gasteiger partial charge in [0, 0.05) is 37.9 Å². The zero-order valence-electron chi connectivity index (χ0n) is 15.0. The molecule has 1 saturated carbocycles. The maximum atomic E-state index is 12.2. The molecule has 3 rings (SSSR count). The van der Waals surface area contributed by atoms with Gasteiger partial charge in [-0.2, -0.15) is 0 Å². The highest BCUT2D eigenvalue weighted by atomic mass is 16.2. The average Bonchev–Trinajstić information content (AvgIpc) is 3.41. The molecule has 136 valence electrons. The number of hydrogen-bond acceptors (Lipinski definition) is 4. The summed E-state index contributed by atoms with van der Waals surface area (Å²) in [5.41, 5.74) is 2.11. The van der Waals surface area contributed by atoms with Crippen molar-refractivity contribution >= 4 is 17.5 Å². The van der Waals surface area contributed by atoms with Gasteiger partial charge >= 0.3 is 0 Å². The number of piperazine rings is 1. The molecule has 1 heterocycles. The molecule has 2 amide bonds. The van der Waals surface area contributed by atoms with Crippen molar-refractivity contribution < 1.29 is 9.59 Å². The summed E-state index contributed by atoms with van der Waals surface area (Å²) in [5.74, 6) is 0.147. The minimum Gasteiger partial charge on any atom is -0.352 e. The standard InChI is InChI=1S/C19H28N4O2/c1-2-15-3-5-16(6-4-15)20-18(24)13-22-9-11-23(12-10-22)14-19(25)21-17-7-8-17/h3-6,17H,2,7-14H2,1H3,(H,20,24)(H,21,25). The molecule has 6 heteroatoms. The van der Waals surface area contributed by atoms with Gasteiger partial charge in [0.25, 0.3) is 0 Å². The van der Waals surface area contributed by atoms with Crippen molar-refractivity contribution in [2.45, 2.75) is 32.2 Å². The van der Waals surface area contributed by atoms with E-state index in [2.05, 4.69) is 27.4 Å². The van der Waals surface area contributed by atoms with Crippen LogP contribution in [-0.2, 0) is 16.0 Å². The van der Waals surface area contributed by atoms with Crippen LogP contribution in [0.4, 0.5) is 5.69 Å². The highest BCUT2D eigenvalue weighted by Crippen LogP contribution is 2.18. The van der Waals surface area contributed by atoms with E-state index in [-0.39, 0.29) is 11.8 Å². The third kappa shape index (κ3) is 5.83. The minimum atomic E-state index is 0.0178. The van der Waals surface area contributed by atoms with E-state index in [1.54, 1.807) is 0 Å². The molecule has 0 spiro atoms. The molecule has 0 unspecified atom stereocenters. The van der Waals surface area contributed by atoms with Crippen LogP contribution in [0.3, 0.4) is 0 Å². The van der Waals surface area contributed by atoms with E-state index in [1.165, 1.54) is 5.56 Å². The highest BCUT2D eigenvalue weighted by molar-refractivity contribution is 5.92. The first-order valence-corrected chi connectivity index (χ1v) is 9.25. The summed E-state index contributed by atoms with van der Waals surface area (Å²) in [5, 5.41) is 5.98. The Labute approximate surface area is 149 Å². The fraction of sp³-hybridized carbons (Fsp3) is 0.579. The van der Waals surface area contributed by atoms with E-state index in [0.29, 0.717) is 19.1 Å². The van der Waals surface area contributed by atoms with Gasteiger partial charge in [0.1, 0.15) is 0 Å². The fourth-order valence-electron chi connectivity index (χ4n) is 3.04. The number of hydrogen-bond donors (Lipinski definition) is 2. The molecule has 1 aliphatic carbocycles. The fourth-order valence-corrected chi connectivity index (χ4v) is 3.04. The molecule has 1 aliphatic heterocycles. The predicted octanol–water partition coefficient (Wildman–Crippen LogP) is 1.08. The van der Waals surface area contributed by atoms with E-state index in [1.807, 2.05) is 24.3 Å². The van der Waals surface area contributed by atoms with Gasteiger partial charge in [-0.15, -0.1) is 0 Å². The van der Waals surface area contributed by atoms with Gasteiger partial charge in [-0.1, -0.05) is 19.1 Å². The van der Waals surface area contributed by atoms with E-state index in [0.717, 1.165) is 51.1 Å². The summed E-state index contributed by atoms with van der Waals surface area (Å²) in [4.78, 5) is 28.3. The number of aryl methyl sites for hydroxylation is 1. The van der Waals surface area contributed by atoms with Crippen LogP contribution in [0.2, 0.25) is 0 Å². The lowest BCUT2D eigenvalue weighted by Crippen LogP contribution is -2.51. The molecule has 1 saturated heterocycles. The molecule has 0 aromatic heterocycles. The summed E-state index contributed by atoms with van der Waals surface area (Å²) in [6.45, 7) is 6.28. The van der Waals surface area contributed by atoms with Crippen LogP contribution in [-0.4, -0.2) is 66.9 Å². The first-order valence-electron chi connectivity index (χ1n) is 9.25. The van der Waals surface area contributed by atoms with Crippen molar-refractivity contribution in [3.8, 4) is 0 Å². The molecule has 6 nitrogen and oxygen atoms in total. The smallest absolute Gasteiger partial charge is 0.238 e. The summed E-state index contributed by atoms with van der Waals surface area (Å²) in [7, 11) is 0. The quantitative estimate of drug-likeness (QED) is 0.777. The Morgan fingerprint density at radius 2 is 1.52 bits per heavy atom. The summed E-state index contributed by atoms with van der Waals surface area (Å²) >= 11 is 0. The van der Waals surface area contributed by atoms with Crippen LogP contribution < -0.4 is 10.6 Å². The third-order valence-electron chi connectivity index (χ3n) is 4.79. The zero-order chi connectivity index (χ0) is 17.6. The molecule has 1 aromatic rings. The van der Waals surface area contributed by atoms with Crippen LogP contribution >= 0.6 is 0 Å². The van der Waals surface area contributed by atoms with Crippen molar-refractivity contribution in [3.05, 3.63) is 29.8 Å². The second kappa shape index (κ2) is 8.45. The van der Waals surface area contributed by atoms with E-state index >= 15 is 0 Å². The SMILES string of the molecule is CCc1ccc(NC(=O)CN2CCN(CC(=O)NC3CC3)CC2)cc1. The Hall–Kier alpha value is -1.92. The molecular formula is C19H28N4O2. The maximum Gasteiger partial charge on any atom is 0.238 e. The molecule has 0 bridgehead atoms. The van der Waals surface area contributed by atoms with Gasteiger partial charge in [0.15, 0.2) is 0 Å². The second-order valence-electron chi connectivity index (χ2n) is 6.99. The first-order chi connectivity index (χ1) is 12.1. The minimum absolute atomic E-state index is 0.0178. The van der Waals surface area contributed by atoms with Crippen LogP contribution in [0.1, 0.15) is 25.3 Å². The molecule has 2 aliphatic rings. The second-order valence-corrected chi connectivity index (χ2v) is 6.99. The van der Waals surface area contributed by atoms with Crippen molar-refractivity contribution in [1.29, 1.82) is 0 Å². The van der Waals surface area contributed by atoms with Gasteiger partial charge in [-0.25, -0.2) is 0 Å². The van der Waals surface area contributed by atoms with Gasteiger partial charge in [-0.05, 0) is 37.0 Å². The van der Waals surface area contributed by atoms with Crippen molar-refractivity contribution in [2.75, 3.05) is 44.6 Å². The maximum absolute atomic E-state index is 12.2. The Morgan fingerprint density at radius 1 is 0.960 bits per heavy atom. The van der Waals surface area contributed by atoms with Crippen LogP contribution in [0, 0.1) is 0 Å². The number of amides is 2. The van der Waals surface area contributed by atoms with E-state index in [4.69, 9.17) is 0 Å². The summed E-state index contributed by atoms with van der Waals surface area (Å²) < 4.78 is 0. The lowest BCUT2D eigenvalue weighted by atomic mass is 10.1. The van der Waals surface area contributed by atoms with E-state index in [9.17, 15) is 9.59 Å². The molecular weight excluding hydrogens is 316 g/mol. The molecule has 0 radical (unpaired) electrons. The average molecular weight is 344 g/mol. The summed E-state index contributed by atoms with van der Waals surface area (Å²) in [6, 6.07) is 8.41. The van der Waals surface area contributed by atoms with Gasteiger partial charge in [0.2, 0.25) is 11.8 Å². The number of carbonyl (C=O) groups is 2. The Bertz CT molecular complexity index is 590. The normalized spacial score (nSPS) is 18.8. The number of anilines is 1. The number of benzene rings is 1. The van der Waals surface area contributed by atoms with Crippen LogP contribution in [0.15, 0.2) is 24.3 Å². The number of rotatable bonds is 7. The largest absolute Gasteiger partial charge is 0.352 e. The van der Waals surface area contributed by atoms with Crippen molar-refractivity contribution in [1.82, 2.24) is 15.1 Å². The zero-order valence-corrected chi connectivity index (χ0v) is 15.0. The Morgan fingerprint density at radius 3 is 2.04 bits per heavy atom. The number of nitrogens with zero attached hydrogens (tertiary/aromatic N) is 2. The van der Waals surface area contributed by atoms with Crippen molar-refractivity contribution in [2.24, 2.45) is 0 Å². The first kappa shape index (κ1) is 17.9. The summed E-state index contributed by atoms with van der Waals surface area (Å²) in [6.07, 6.45) is 3.24. The highest BCUT2D eigenvalue weighted by Gasteiger charge is 2.25. The van der Waals surface area contributed by atoms with Crippen molar-refractivity contribution in [3.63, 3.8) is 0 Å². The topological polar surface area (TPSA) is 64.7 Å². The van der Waals surface area contributed by atoms with Crippen LogP contribution in [0.5, 0.6) is 0 Å². The molecule has 2 fully saturated rings. The Kier molecular flexibility index (Phi) is 6.04. The van der Waals surface area contributed by atoms with Gasteiger partial charge < -0.3 is 10.6 Å².